The Kier molecular flexibility index (Phi) is 5.62. The van der Waals surface area contributed by atoms with Crippen molar-refractivity contribution in [1.29, 1.82) is 0 Å². The number of carbonyl (C=O) groups is 2. The van der Waals surface area contributed by atoms with Crippen LogP contribution in [-0.2, 0) is 11.2 Å². The number of amides is 2. The van der Waals surface area contributed by atoms with Gasteiger partial charge in [0.15, 0.2) is 0 Å². The Balaban J connectivity index is 1.06. The molecule has 2 aromatic carbocycles. The van der Waals surface area contributed by atoms with Gasteiger partial charge in [0.2, 0.25) is 5.91 Å². The largest absolute Gasteiger partial charge is 0.351 e. The second-order valence-electron chi connectivity index (χ2n) is 9.23. The van der Waals surface area contributed by atoms with Gasteiger partial charge in [0.25, 0.3) is 5.91 Å². The maximum atomic E-state index is 13.2. The molecule has 178 valence electrons. The number of anilines is 1. The predicted octanol–water partition coefficient (Wildman–Crippen LogP) is 3.95. The quantitative estimate of drug-likeness (QED) is 0.475. The van der Waals surface area contributed by atoms with Gasteiger partial charge in [-0.05, 0) is 43.2 Å². The third kappa shape index (κ3) is 4.24. The maximum Gasteiger partial charge on any atom is 0.270 e. The second-order valence-corrected chi connectivity index (χ2v) is 10.3. The summed E-state index contributed by atoms with van der Waals surface area (Å²) in [7, 11) is 0. The van der Waals surface area contributed by atoms with E-state index < -0.39 is 0 Å². The number of H-pyrrole nitrogens is 1. The number of nitrogens with one attached hydrogen (secondary N) is 1. The molecule has 0 radical (unpaired) electrons. The van der Waals surface area contributed by atoms with E-state index in [2.05, 4.69) is 38.4 Å². The number of carbonyl (C=O) groups excluding carboxylic acids is 2. The third-order valence-corrected chi connectivity index (χ3v) is 7.74. The lowest BCUT2D eigenvalue weighted by Crippen LogP contribution is -2.51. The Morgan fingerprint density at radius 3 is 2.63 bits per heavy atom. The molecule has 2 aliphatic rings. The highest BCUT2D eigenvalue weighted by molar-refractivity contribution is 7.09. The van der Waals surface area contributed by atoms with Gasteiger partial charge in [0.1, 0.15) is 5.69 Å². The van der Waals surface area contributed by atoms with E-state index in [1.54, 1.807) is 11.3 Å². The van der Waals surface area contributed by atoms with Crippen molar-refractivity contribution in [2.45, 2.75) is 13.3 Å². The molecule has 0 saturated carbocycles. The van der Waals surface area contributed by atoms with Crippen LogP contribution < -0.4 is 4.90 Å². The Morgan fingerprint density at radius 1 is 1.03 bits per heavy atom. The lowest BCUT2D eigenvalue weighted by atomic mass is 10.1. The first kappa shape index (κ1) is 22.0. The fourth-order valence-corrected chi connectivity index (χ4v) is 5.68. The topological polar surface area (TPSA) is 72.5 Å². The molecule has 0 bridgehead atoms. The van der Waals surface area contributed by atoms with Gasteiger partial charge in [-0.2, -0.15) is 0 Å². The Bertz CT molecular complexity index is 1380. The number of fused-ring (bicyclic) bond motifs is 2. The number of thiazole rings is 1. The van der Waals surface area contributed by atoms with E-state index in [-0.39, 0.29) is 11.8 Å². The molecule has 2 aliphatic heterocycles. The SMILES string of the molecule is Cc1nc(-c2ccc3c(c2)CCN3C(=O)CN2CCN(C(=O)c3cc4ccccc4[nH]3)CC2)cs1. The summed E-state index contributed by atoms with van der Waals surface area (Å²) in [5, 5.41) is 4.18. The van der Waals surface area contributed by atoms with Crippen LogP contribution in [0.15, 0.2) is 53.9 Å². The van der Waals surface area contributed by atoms with E-state index in [0.29, 0.717) is 45.0 Å². The molecule has 8 heteroatoms. The normalized spacial score (nSPS) is 16.1. The van der Waals surface area contributed by atoms with Gasteiger partial charge >= 0.3 is 0 Å². The average Bonchev–Trinajstić information content (AvgIpc) is 3.61. The molecule has 4 aromatic rings. The van der Waals surface area contributed by atoms with Crippen molar-refractivity contribution in [2.24, 2.45) is 0 Å². The molecule has 2 amide bonds. The van der Waals surface area contributed by atoms with Crippen LogP contribution >= 0.6 is 11.3 Å². The van der Waals surface area contributed by atoms with Crippen molar-refractivity contribution in [3.8, 4) is 11.3 Å². The number of aromatic nitrogens is 2. The van der Waals surface area contributed by atoms with E-state index in [4.69, 9.17) is 0 Å². The molecule has 4 heterocycles. The molecule has 35 heavy (non-hydrogen) atoms. The summed E-state index contributed by atoms with van der Waals surface area (Å²) in [6, 6.07) is 16.1. The Morgan fingerprint density at radius 2 is 1.86 bits per heavy atom. The first-order chi connectivity index (χ1) is 17.0. The van der Waals surface area contributed by atoms with Crippen molar-refractivity contribution in [2.75, 3.05) is 44.2 Å². The number of hydrogen-bond donors (Lipinski definition) is 1. The minimum absolute atomic E-state index is 0.0201. The summed E-state index contributed by atoms with van der Waals surface area (Å²) in [6.45, 7) is 5.73. The van der Waals surface area contributed by atoms with Crippen molar-refractivity contribution in [3.05, 3.63) is 70.2 Å². The summed E-state index contributed by atoms with van der Waals surface area (Å²) < 4.78 is 0. The number of aromatic amines is 1. The fourth-order valence-electron chi connectivity index (χ4n) is 5.06. The monoisotopic (exact) mass is 485 g/mol. The molecule has 0 aliphatic carbocycles. The van der Waals surface area contributed by atoms with Crippen LogP contribution in [0.4, 0.5) is 5.69 Å². The number of hydrogen-bond acceptors (Lipinski definition) is 5. The molecule has 1 fully saturated rings. The zero-order valence-electron chi connectivity index (χ0n) is 19.7. The van der Waals surface area contributed by atoms with Crippen LogP contribution in [0.25, 0.3) is 22.2 Å². The minimum atomic E-state index is 0.0201. The first-order valence-electron chi connectivity index (χ1n) is 12.0. The molecule has 7 nitrogen and oxygen atoms in total. The van der Waals surface area contributed by atoms with Gasteiger partial charge in [0.05, 0.1) is 17.2 Å². The second kappa shape index (κ2) is 8.94. The van der Waals surface area contributed by atoms with E-state index in [1.165, 1.54) is 5.56 Å². The summed E-state index contributed by atoms with van der Waals surface area (Å²) in [4.78, 5) is 39.9. The van der Waals surface area contributed by atoms with Crippen LogP contribution in [-0.4, -0.2) is 70.9 Å². The highest BCUT2D eigenvalue weighted by Gasteiger charge is 2.29. The van der Waals surface area contributed by atoms with Crippen LogP contribution in [0.3, 0.4) is 0 Å². The van der Waals surface area contributed by atoms with Crippen molar-refractivity contribution >= 4 is 39.7 Å². The number of nitrogens with zero attached hydrogens (tertiary/aromatic N) is 4. The molecule has 1 saturated heterocycles. The maximum absolute atomic E-state index is 13.2. The molecular weight excluding hydrogens is 458 g/mol. The predicted molar refractivity (Wildman–Crippen MR) is 139 cm³/mol. The number of rotatable bonds is 4. The van der Waals surface area contributed by atoms with Gasteiger partial charge in [-0.1, -0.05) is 24.3 Å². The van der Waals surface area contributed by atoms with E-state index in [9.17, 15) is 9.59 Å². The number of aryl methyl sites for hydroxylation is 1. The fraction of sp³-hybridized carbons (Fsp3) is 0.296. The molecule has 0 atom stereocenters. The lowest BCUT2D eigenvalue weighted by molar-refractivity contribution is -0.120. The standard InChI is InChI=1S/C27H27N5O2S/c1-18-28-24(17-35-18)20-6-7-25-21(14-20)8-9-32(25)26(33)16-30-10-12-31(13-11-30)27(34)23-15-19-4-2-3-5-22(19)29-23/h2-7,14-15,17,29H,8-13,16H2,1H3. The zero-order valence-corrected chi connectivity index (χ0v) is 20.5. The van der Waals surface area contributed by atoms with Crippen LogP contribution in [0.5, 0.6) is 0 Å². The first-order valence-corrected chi connectivity index (χ1v) is 12.9. The minimum Gasteiger partial charge on any atom is -0.351 e. The van der Waals surface area contributed by atoms with Gasteiger partial charge in [0, 0.05) is 60.3 Å². The summed E-state index contributed by atoms with van der Waals surface area (Å²) in [5.74, 6) is 0.142. The third-order valence-electron chi connectivity index (χ3n) is 6.97. The van der Waals surface area contributed by atoms with Crippen LogP contribution in [0.1, 0.15) is 21.1 Å². The van der Waals surface area contributed by atoms with E-state index in [1.807, 2.05) is 47.1 Å². The highest BCUT2D eigenvalue weighted by atomic mass is 32.1. The molecule has 0 unspecified atom stereocenters. The summed E-state index contributed by atoms with van der Waals surface area (Å²) in [6.07, 6.45) is 0.866. The van der Waals surface area contributed by atoms with E-state index >= 15 is 0 Å². The van der Waals surface area contributed by atoms with Crippen LogP contribution in [0, 0.1) is 6.92 Å². The molecule has 1 N–H and O–H groups in total. The summed E-state index contributed by atoms with van der Waals surface area (Å²) >= 11 is 1.65. The smallest absolute Gasteiger partial charge is 0.270 e. The molecule has 6 rings (SSSR count). The van der Waals surface area contributed by atoms with Crippen LogP contribution in [0.2, 0.25) is 0 Å². The summed E-state index contributed by atoms with van der Waals surface area (Å²) in [5.41, 5.74) is 5.92. The van der Waals surface area contributed by atoms with Gasteiger partial charge in [-0.3, -0.25) is 14.5 Å². The zero-order chi connectivity index (χ0) is 23.9. The molecule has 2 aromatic heterocycles. The van der Waals surface area contributed by atoms with Crippen molar-refractivity contribution < 1.29 is 9.59 Å². The average molecular weight is 486 g/mol. The van der Waals surface area contributed by atoms with Crippen molar-refractivity contribution in [3.63, 3.8) is 0 Å². The van der Waals surface area contributed by atoms with Gasteiger partial charge < -0.3 is 14.8 Å². The van der Waals surface area contributed by atoms with Gasteiger partial charge in [-0.25, -0.2) is 4.98 Å². The Labute approximate surface area is 208 Å². The highest BCUT2D eigenvalue weighted by Crippen LogP contribution is 2.33. The van der Waals surface area contributed by atoms with Gasteiger partial charge in [-0.15, -0.1) is 11.3 Å². The molecular formula is C27H27N5O2S. The Hall–Kier alpha value is -3.49. The number of para-hydroxylation sites is 1. The number of benzene rings is 2. The van der Waals surface area contributed by atoms with Crippen molar-refractivity contribution in [1.82, 2.24) is 19.8 Å². The number of piperazine rings is 1. The molecule has 0 spiro atoms. The lowest BCUT2D eigenvalue weighted by Gasteiger charge is -2.34. The van der Waals surface area contributed by atoms with E-state index in [0.717, 1.165) is 39.3 Å².